The average molecular weight is 332 g/mol. The van der Waals surface area contributed by atoms with Crippen LogP contribution in [0.25, 0.3) is 0 Å². The van der Waals surface area contributed by atoms with Crippen molar-refractivity contribution in [1.29, 1.82) is 0 Å². The van der Waals surface area contributed by atoms with E-state index in [0.29, 0.717) is 11.8 Å². The van der Waals surface area contributed by atoms with Gasteiger partial charge in [-0.2, -0.15) is 0 Å². The molecule has 0 aliphatic heterocycles. The molecule has 94 valence electrons. The van der Waals surface area contributed by atoms with E-state index in [-0.39, 0.29) is 16.6 Å². The zero-order chi connectivity index (χ0) is 13.1. The summed E-state index contributed by atoms with van der Waals surface area (Å²) in [4.78, 5) is 10.3. The molecule has 0 aromatic heterocycles. The van der Waals surface area contributed by atoms with E-state index in [2.05, 4.69) is 20.7 Å². The van der Waals surface area contributed by atoms with E-state index in [4.69, 9.17) is 11.6 Å². The molecule has 0 heterocycles. The van der Waals surface area contributed by atoms with Crippen molar-refractivity contribution < 1.29 is 22.7 Å². The molecule has 1 rings (SSSR count). The predicted molar refractivity (Wildman–Crippen MR) is 60.2 cm³/mol. The highest BCUT2D eigenvalue weighted by molar-refractivity contribution is 9.10. The zero-order valence-corrected chi connectivity index (χ0v) is 10.6. The maximum Gasteiger partial charge on any atom is 0.573 e. The molecule has 0 spiro atoms. The number of aldehydes is 1. The fraction of sp³-hybridized carbons (Fsp3) is 0.300. The number of carbonyl (C=O) groups excluding carboxylic acids is 1. The fourth-order valence-electron chi connectivity index (χ4n) is 1.15. The summed E-state index contributed by atoms with van der Waals surface area (Å²) in [6, 6.07) is 4.02. The Morgan fingerprint density at radius 3 is 2.59 bits per heavy atom. The number of ether oxygens (including phenoxy) is 1. The van der Waals surface area contributed by atoms with Crippen LogP contribution in [0.3, 0.4) is 0 Å². The molecule has 7 heteroatoms. The first-order chi connectivity index (χ1) is 7.81. The number of hydrogen-bond acceptors (Lipinski definition) is 2. The van der Waals surface area contributed by atoms with Gasteiger partial charge in [-0.25, -0.2) is 0 Å². The smallest absolute Gasteiger partial charge is 0.405 e. The maximum atomic E-state index is 12.0. The molecule has 17 heavy (non-hydrogen) atoms. The van der Waals surface area contributed by atoms with Crippen LogP contribution in [-0.2, 0) is 11.2 Å². The lowest BCUT2D eigenvalue weighted by atomic mass is 10.1. The van der Waals surface area contributed by atoms with Crippen LogP contribution in [0.1, 0.15) is 5.56 Å². The van der Waals surface area contributed by atoms with E-state index >= 15 is 0 Å². The first-order valence-electron chi connectivity index (χ1n) is 4.45. The van der Waals surface area contributed by atoms with Gasteiger partial charge in [-0.1, -0.05) is 6.07 Å². The Morgan fingerprint density at radius 2 is 2.12 bits per heavy atom. The van der Waals surface area contributed by atoms with Crippen molar-refractivity contribution in [2.45, 2.75) is 18.2 Å². The first-order valence-corrected chi connectivity index (χ1v) is 5.68. The Kier molecular flexibility index (Phi) is 4.82. The van der Waals surface area contributed by atoms with Gasteiger partial charge in [0.2, 0.25) is 0 Å². The molecular weight excluding hydrogens is 324 g/mol. The molecule has 0 amide bonds. The number of rotatable bonds is 4. The van der Waals surface area contributed by atoms with Crippen LogP contribution in [0, 0.1) is 0 Å². The molecule has 1 aromatic carbocycles. The summed E-state index contributed by atoms with van der Waals surface area (Å²) in [5.41, 5.74) is 0.637. The van der Waals surface area contributed by atoms with Gasteiger partial charge in [0.25, 0.3) is 0 Å². The Balaban J connectivity index is 2.83. The summed E-state index contributed by atoms with van der Waals surface area (Å²) in [6.07, 6.45) is -3.92. The topological polar surface area (TPSA) is 26.3 Å². The third-order valence-corrected chi connectivity index (χ3v) is 2.68. The largest absolute Gasteiger partial charge is 0.573 e. The lowest BCUT2D eigenvalue weighted by molar-refractivity contribution is -0.274. The van der Waals surface area contributed by atoms with Gasteiger partial charge in [0.15, 0.2) is 0 Å². The molecule has 0 saturated carbocycles. The molecular formula is C10H7BrClF3O2. The van der Waals surface area contributed by atoms with Crippen molar-refractivity contribution >= 4 is 33.8 Å². The molecule has 0 N–H and O–H groups in total. The highest BCUT2D eigenvalue weighted by Gasteiger charge is 2.31. The van der Waals surface area contributed by atoms with Crippen LogP contribution in [0.5, 0.6) is 5.75 Å². The van der Waals surface area contributed by atoms with Gasteiger partial charge >= 0.3 is 6.36 Å². The number of alkyl halides is 4. The molecule has 2 nitrogen and oxygen atoms in total. The molecule has 0 saturated heterocycles. The van der Waals surface area contributed by atoms with E-state index < -0.39 is 11.7 Å². The van der Waals surface area contributed by atoms with Crippen LogP contribution in [0.4, 0.5) is 13.2 Å². The second kappa shape index (κ2) is 5.73. The number of hydrogen-bond donors (Lipinski definition) is 0. The standard InChI is InChI=1S/C10H7BrClF3O2/c11-8-4-6(3-7(12)5-16)1-2-9(8)17-10(13,14)15/h1-2,4-5,7H,3H2. The third-order valence-electron chi connectivity index (χ3n) is 1.80. The normalized spacial score (nSPS) is 13.2. The summed E-state index contributed by atoms with van der Waals surface area (Å²) >= 11 is 8.56. The van der Waals surface area contributed by atoms with E-state index in [1.807, 2.05) is 0 Å². The van der Waals surface area contributed by atoms with Crippen LogP contribution in [0.2, 0.25) is 0 Å². The van der Waals surface area contributed by atoms with Gasteiger partial charge in [-0.05, 0) is 40.0 Å². The van der Waals surface area contributed by atoms with Gasteiger partial charge in [0.1, 0.15) is 12.0 Å². The fourth-order valence-corrected chi connectivity index (χ4v) is 1.84. The summed E-state index contributed by atoms with van der Waals surface area (Å²) < 4.78 is 39.9. The zero-order valence-electron chi connectivity index (χ0n) is 8.30. The quantitative estimate of drug-likeness (QED) is 0.621. The Labute approximate surface area is 109 Å². The minimum atomic E-state index is -4.73. The van der Waals surface area contributed by atoms with Gasteiger partial charge in [-0.15, -0.1) is 24.8 Å². The van der Waals surface area contributed by atoms with E-state index in [9.17, 15) is 18.0 Å². The minimum Gasteiger partial charge on any atom is -0.405 e. The van der Waals surface area contributed by atoms with Crippen LogP contribution >= 0.6 is 27.5 Å². The van der Waals surface area contributed by atoms with Gasteiger partial charge < -0.3 is 9.53 Å². The highest BCUT2D eigenvalue weighted by atomic mass is 79.9. The molecule has 0 fully saturated rings. The van der Waals surface area contributed by atoms with Crippen molar-refractivity contribution in [2.24, 2.45) is 0 Å². The van der Waals surface area contributed by atoms with Crippen molar-refractivity contribution in [3.05, 3.63) is 28.2 Å². The molecule has 1 aromatic rings. The van der Waals surface area contributed by atoms with Crippen LogP contribution in [-0.4, -0.2) is 18.0 Å². The lowest BCUT2D eigenvalue weighted by Gasteiger charge is -2.11. The maximum absolute atomic E-state index is 12.0. The highest BCUT2D eigenvalue weighted by Crippen LogP contribution is 2.31. The first kappa shape index (κ1) is 14.3. The van der Waals surface area contributed by atoms with Gasteiger partial charge in [-0.3, -0.25) is 0 Å². The van der Waals surface area contributed by atoms with E-state index in [0.717, 1.165) is 0 Å². The third kappa shape index (κ3) is 4.95. The summed E-state index contributed by atoms with van der Waals surface area (Å²) in [6.45, 7) is 0. The molecule has 0 bridgehead atoms. The second-order valence-electron chi connectivity index (χ2n) is 3.17. The summed E-state index contributed by atoms with van der Waals surface area (Å²) in [7, 11) is 0. The van der Waals surface area contributed by atoms with Crippen molar-refractivity contribution in [2.75, 3.05) is 0 Å². The molecule has 1 unspecified atom stereocenters. The number of benzene rings is 1. The Bertz CT molecular complexity index is 409. The lowest BCUT2D eigenvalue weighted by Crippen LogP contribution is -2.17. The minimum absolute atomic E-state index is 0.155. The van der Waals surface area contributed by atoms with Gasteiger partial charge in [0.05, 0.1) is 9.85 Å². The number of halogens is 5. The van der Waals surface area contributed by atoms with Crippen molar-refractivity contribution in [1.82, 2.24) is 0 Å². The summed E-state index contributed by atoms with van der Waals surface area (Å²) in [5, 5.41) is -0.698. The molecule has 0 radical (unpaired) electrons. The second-order valence-corrected chi connectivity index (χ2v) is 4.58. The van der Waals surface area contributed by atoms with Gasteiger partial charge in [0, 0.05) is 0 Å². The molecule has 0 aliphatic carbocycles. The Morgan fingerprint density at radius 1 is 1.47 bits per heavy atom. The van der Waals surface area contributed by atoms with Crippen LogP contribution < -0.4 is 4.74 Å². The van der Waals surface area contributed by atoms with Crippen LogP contribution in [0.15, 0.2) is 22.7 Å². The summed E-state index contributed by atoms with van der Waals surface area (Å²) in [5.74, 6) is -0.335. The number of carbonyl (C=O) groups is 1. The van der Waals surface area contributed by atoms with Crippen molar-refractivity contribution in [3.63, 3.8) is 0 Å². The molecule has 0 aliphatic rings. The SMILES string of the molecule is O=CC(Cl)Cc1ccc(OC(F)(F)F)c(Br)c1. The average Bonchev–Trinajstić information content (AvgIpc) is 2.20. The van der Waals surface area contributed by atoms with Crippen molar-refractivity contribution in [3.8, 4) is 5.75 Å². The van der Waals surface area contributed by atoms with E-state index in [1.165, 1.54) is 18.2 Å². The molecule has 1 atom stereocenters. The predicted octanol–water partition coefficient (Wildman–Crippen LogP) is 3.70. The Hall–Kier alpha value is -0.750. The monoisotopic (exact) mass is 330 g/mol. The van der Waals surface area contributed by atoms with E-state index in [1.54, 1.807) is 0 Å².